The lowest BCUT2D eigenvalue weighted by molar-refractivity contribution is 0.100. The van der Waals surface area contributed by atoms with Gasteiger partial charge in [-0.05, 0) is 6.07 Å². The molecule has 0 radical (unpaired) electrons. The topological polar surface area (TPSA) is 96.4 Å². The molecule has 0 bridgehead atoms. The quantitative estimate of drug-likeness (QED) is 0.654. The van der Waals surface area contributed by atoms with E-state index < -0.39 is 5.91 Å². The molecule has 0 spiro atoms. The Kier molecular flexibility index (Phi) is 2.32. The highest BCUT2D eigenvalue weighted by atomic mass is 35.5. The van der Waals surface area contributed by atoms with Crippen molar-refractivity contribution in [3.05, 3.63) is 28.9 Å². The number of nitrogens with zero attached hydrogens (tertiary/aromatic N) is 1. The van der Waals surface area contributed by atoms with Gasteiger partial charge >= 0.3 is 0 Å². The van der Waals surface area contributed by atoms with Gasteiger partial charge in [0.15, 0.2) is 11.5 Å². The molecule has 6 heteroatoms. The number of hydrogen-bond donors (Lipinski definition) is 3. The van der Waals surface area contributed by atoms with Crippen molar-refractivity contribution in [2.24, 2.45) is 5.73 Å². The lowest BCUT2D eigenvalue weighted by Gasteiger charge is -2.05. The van der Waals surface area contributed by atoms with E-state index in [-0.39, 0.29) is 22.1 Å². The predicted molar refractivity (Wildman–Crippen MR) is 58.6 cm³/mol. The van der Waals surface area contributed by atoms with Gasteiger partial charge in [-0.25, -0.2) is 0 Å². The molecule has 16 heavy (non-hydrogen) atoms. The maximum absolute atomic E-state index is 11.0. The van der Waals surface area contributed by atoms with Gasteiger partial charge in [-0.3, -0.25) is 9.78 Å². The number of nitrogens with two attached hydrogens (primary N) is 1. The summed E-state index contributed by atoms with van der Waals surface area (Å²) < 4.78 is 0. The summed E-state index contributed by atoms with van der Waals surface area (Å²) in [6, 6.07) is 2.48. The number of aromatic nitrogens is 1. The monoisotopic (exact) mass is 238 g/mol. The van der Waals surface area contributed by atoms with Gasteiger partial charge in [0.25, 0.3) is 5.91 Å². The van der Waals surface area contributed by atoms with Crippen molar-refractivity contribution in [2.45, 2.75) is 0 Å². The molecule has 0 aliphatic heterocycles. The van der Waals surface area contributed by atoms with Gasteiger partial charge < -0.3 is 15.9 Å². The molecule has 2 aromatic rings. The number of amides is 1. The Bertz CT molecular complexity index is 598. The third-order valence-electron chi connectivity index (χ3n) is 2.16. The van der Waals surface area contributed by atoms with E-state index >= 15 is 0 Å². The highest BCUT2D eigenvalue weighted by Crippen LogP contribution is 2.33. The summed E-state index contributed by atoms with van der Waals surface area (Å²) in [6.07, 6.45) is 1.23. The molecule has 0 aliphatic carbocycles. The number of carbonyl (C=O) groups excluding carboxylic acids is 1. The Morgan fingerprint density at radius 3 is 2.56 bits per heavy atom. The summed E-state index contributed by atoms with van der Waals surface area (Å²) in [5.41, 5.74) is 5.53. The number of hydrogen-bond acceptors (Lipinski definition) is 4. The molecule has 0 saturated carbocycles. The average Bonchev–Trinajstić information content (AvgIpc) is 2.21. The zero-order chi connectivity index (χ0) is 11.9. The molecule has 0 fully saturated rings. The van der Waals surface area contributed by atoms with Crippen LogP contribution in [0.1, 0.15) is 10.4 Å². The van der Waals surface area contributed by atoms with Crippen molar-refractivity contribution >= 4 is 28.4 Å². The van der Waals surface area contributed by atoms with Crippen molar-refractivity contribution in [1.82, 2.24) is 4.98 Å². The first-order chi connectivity index (χ1) is 7.50. The number of aromatic hydroxyl groups is 2. The maximum atomic E-state index is 11.0. The number of pyridine rings is 1. The van der Waals surface area contributed by atoms with Gasteiger partial charge in [-0.2, -0.15) is 0 Å². The van der Waals surface area contributed by atoms with Gasteiger partial charge in [0.2, 0.25) is 0 Å². The third kappa shape index (κ3) is 1.51. The molecule has 5 nitrogen and oxygen atoms in total. The number of phenols is 2. The van der Waals surface area contributed by atoms with Crippen LogP contribution >= 0.6 is 11.6 Å². The highest BCUT2D eigenvalue weighted by molar-refractivity contribution is 6.38. The summed E-state index contributed by atoms with van der Waals surface area (Å²) in [5.74, 6) is -1.34. The second-order valence-corrected chi connectivity index (χ2v) is 3.59. The number of benzene rings is 1. The van der Waals surface area contributed by atoms with E-state index in [4.69, 9.17) is 17.3 Å². The number of fused-ring (bicyclic) bond motifs is 1. The molecule has 1 amide bonds. The standard InChI is InChI=1S/C10H7ClN2O3/c11-9-4-1-7(14)8(15)2-6(4)13-3-5(9)10(12)16/h1-3,14-15H,(H2,12,16). The minimum atomic E-state index is -0.702. The lowest BCUT2D eigenvalue weighted by Crippen LogP contribution is -2.12. The van der Waals surface area contributed by atoms with E-state index in [0.29, 0.717) is 10.9 Å². The Balaban J connectivity index is 2.84. The SMILES string of the molecule is NC(=O)c1cnc2cc(O)c(O)cc2c1Cl. The number of primary amides is 1. The van der Waals surface area contributed by atoms with Gasteiger partial charge in [0.1, 0.15) is 0 Å². The summed E-state index contributed by atoms with van der Waals surface area (Å²) in [6.45, 7) is 0. The molecule has 1 heterocycles. The Morgan fingerprint density at radius 2 is 1.94 bits per heavy atom. The van der Waals surface area contributed by atoms with Crippen LogP contribution in [0.15, 0.2) is 18.3 Å². The van der Waals surface area contributed by atoms with Gasteiger partial charge in [0.05, 0.1) is 16.1 Å². The molecular weight excluding hydrogens is 232 g/mol. The molecule has 0 aliphatic rings. The molecule has 0 saturated heterocycles. The van der Waals surface area contributed by atoms with Crippen LogP contribution in [0.5, 0.6) is 11.5 Å². The van der Waals surface area contributed by atoms with Crippen molar-refractivity contribution < 1.29 is 15.0 Å². The van der Waals surface area contributed by atoms with Crippen molar-refractivity contribution in [3.8, 4) is 11.5 Å². The van der Waals surface area contributed by atoms with Crippen molar-refractivity contribution in [3.63, 3.8) is 0 Å². The van der Waals surface area contributed by atoms with Crippen LogP contribution in [0.2, 0.25) is 5.02 Å². The predicted octanol–water partition coefficient (Wildman–Crippen LogP) is 1.40. The lowest BCUT2D eigenvalue weighted by atomic mass is 10.1. The zero-order valence-corrected chi connectivity index (χ0v) is 8.69. The largest absolute Gasteiger partial charge is 0.504 e. The van der Waals surface area contributed by atoms with E-state index in [2.05, 4.69) is 4.98 Å². The first kappa shape index (κ1) is 10.5. The van der Waals surface area contributed by atoms with Crippen LogP contribution in [0.3, 0.4) is 0 Å². The molecule has 0 atom stereocenters. The van der Waals surface area contributed by atoms with Crippen LogP contribution in [0, 0.1) is 0 Å². The summed E-state index contributed by atoms with van der Waals surface area (Å²) in [4.78, 5) is 14.9. The van der Waals surface area contributed by atoms with Crippen LogP contribution in [-0.4, -0.2) is 21.1 Å². The van der Waals surface area contributed by atoms with Gasteiger partial charge in [-0.1, -0.05) is 11.6 Å². The molecule has 82 valence electrons. The van der Waals surface area contributed by atoms with Crippen molar-refractivity contribution in [1.29, 1.82) is 0 Å². The van der Waals surface area contributed by atoms with E-state index in [1.54, 1.807) is 0 Å². The van der Waals surface area contributed by atoms with E-state index in [0.717, 1.165) is 0 Å². The molecule has 2 rings (SSSR count). The number of phenolic OH excluding ortho intramolecular Hbond substituents is 2. The summed E-state index contributed by atoms with van der Waals surface area (Å²) in [5, 5.41) is 19.0. The normalized spacial score (nSPS) is 10.6. The maximum Gasteiger partial charge on any atom is 0.251 e. The first-order valence-corrected chi connectivity index (χ1v) is 4.68. The fourth-order valence-electron chi connectivity index (χ4n) is 1.36. The summed E-state index contributed by atoms with van der Waals surface area (Å²) >= 11 is 5.93. The highest BCUT2D eigenvalue weighted by Gasteiger charge is 2.13. The van der Waals surface area contributed by atoms with Crippen LogP contribution in [-0.2, 0) is 0 Å². The average molecular weight is 239 g/mol. The molecule has 4 N–H and O–H groups in total. The van der Waals surface area contributed by atoms with Crippen LogP contribution in [0.25, 0.3) is 10.9 Å². The second kappa shape index (κ2) is 3.53. The van der Waals surface area contributed by atoms with E-state index in [1.807, 2.05) is 0 Å². The number of halogens is 1. The summed E-state index contributed by atoms with van der Waals surface area (Å²) in [7, 11) is 0. The molecule has 1 aromatic heterocycles. The minimum absolute atomic E-state index is 0.0688. The van der Waals surface area contributed by atoms with Crippen LogP contribution in [0.4, 0.5) is 0 Å². The van der Waals surface area contributed by atoms with Gasteiger partial charge in [-0.15, -0.1) is 0 Å². The Labute approximate surface area is 95.1 Å². The van der Waals surface area contributed by atoms with E-state index in [9.17, 15) is 15.0 Å². The smallest absolute Gasteiger partial charge is 0.251 e. The Hall–Kier alpha value is -2.01. The fourth-order valence-corrected chi connectivity index (χ4v) is 1.65. The van der Waals surface area contributed by atoms with Gasteiger partial charge in [0, 0.05) is 17.6 Å². The first-order valence-electron chi connectivity index (χ1n) is 4.30. The third-order valence-corrected chi connectivity index (χ3v) is 2.57. The second-order valence-electron chi connectivity index (χ2n) is 3.21. The molecule has 1 aromatic carbocycles. The molecular formula is C10H7ClN2O3. The minimum Gasteiger partial charge on any atom is -0.504 e. The zero-order valence-electron chi connectivity index (χ0n) is 7.94. The molecule has 0 unspecified atom stereocenters. The number of carbonyl (C=O) groups is 1. The Morgan fingerprint density at radius 1 is 1.31 bits per heavy atom. The number of rotatable bonds is 1. The fraction of sp³-hybridized carbons (Fsp3) is 0. The van der Waals surface area contributed by atoms with Crippen molar-refractivity contribution in [2.75, 3.05) is 0 Å². The van der Waals surface area contributed by atoms with E-state index in [1.165, 1.54) is 18.3 Å². The van der Waals surface area contributed by atoms with Crippen LogP contribution < -0.4 is 5.73 Å².